The molecule has 6 nitrogen and oxygen atoms in total. The first kappa shape index (κ1) is 19.1. The molecule has 1 aliphatic heterocycles. The first-order chi connectivity index (χ1) is 11.6. The van der Waals surface area contributed by atoms with Crippen LogP contribution in [-0.2, 0) is 6.54 Å². The van der Waals surface area contributed by atoms with Crippen LogP contribution in [0.1, 0.15) is 11.1 Å². The summed E-state index contributed by atoms with van der Waals surface area (Å²) in [6.07, 6.45) is 2.08. The van der Waals surface area contributed by atoms with Gasteiger partial charge in [-0.15, -0.1) is 0 Å². The summed E-state index contributed by atoms with van der Waals surface area (Å²) in [5, 5.41) is 10.7. The van der Waals surface area contributed by atoms with Crippen molar-refractivity contribution in [3.8, 4) is 11.5 Å². The largest absolute Gasteiger partial charge is 1.00 e. The maximum absolute atomic E-state index is 10.7. The van der Waals surface area contributed by atoms with Gasteiger partial charge in [0, 0.05) is 22.6 Å². The molecular weight excluding hydrogens is 364 g/mol. The molecule has 2 aromatic carbocycles. The third-order valence-electron chi connectivity index (χ3n) is 3.76. The first-order valence-corrected chi connectivity index (χ1v) is 8.30. The number of benzene rings is 2. The van der Waals surface area contributed by atoms with Gasteiger partial charge in [-0.3, -0.25) is 10.1 Å². The quantitative estimate of drug-likeness (QED) is 0.424. The molecule has 0 bridgehead atoms. The summed E-state index contributed by atoms with van der Waals surface area (Å²) < 4.78 is 12.9. The van der Waals surface area contributed by atoms with Crippen LogP contribution in [0.5, 0.6) is 11.5 Å². The van der Waals surface area contributed by atoms with Gasteiger partial charge in [-0.05, 0) is 24.3 Å². The highest BCUT2D eigenvalue weighted by atomic mass is 35.5. The molecule has 0 unspecified atom stereocenters. The molecule has 0 N–H and O–H groups in total. The molecule has 1 aliphatic rings. The molecule has 132 valence electrons. The van der Waals surface area contributed by atoms with E-state index in [9.17, 15) is 10.1 Å². The Bertz CT molecular complexity index is 809. The van der Waals surface area contributed by atoms with Gasteiger partial charge in [-0.1, -0.05) is 11.8 Å². The van der Waals surface area contributed by atoms with E-state index in [1.165, 1.54) is 12.1 Å². The van der Waals surface area contributed by atoms with Gasteiger partial charge in [0.25, 0.3) is 5.69 Å². The number of ether oxygens (including phenoxy) is 2. The number of hydrogen-bond donors (Lipinski definition) is 0. The van der Waals surface area contributed by atoms with Crippen molar-refractivity contribution in [2.24, 2.45) is 0 Å². The predicted octanol–water partition coefficient (Wildman–Crippen LogP) is 0.311. The highest BCUT2D eigenvalue weighted by molar-refractivity contribution is 7.99. The van der Waals surface area contributed by atoms with Gasteiger partial charge in [-0.25, -0.2) is 4.58 Å². The van der Waals surface area contributed by atoms with Crippen LogP contribution in [0.3, 0.4) is 0 Å². The number of nitro benzene ring substituents is 1. The molecule has 2 aromatic rings. The number of fused-ring (bicyclic) bond motifs is 1. The number of hydrogen-bond acceptors (Lipinski definition) is 5. The summed E-state index contributed by atoms with van der Waals surface area (Å²) >= 11 is 1.72. The van der Waals surface area contributed by atoms with Crippen LogP contribution in [0.2, 0.25) is 0 Å². The second kappa shape index (κ2) is 8.22. The second-order valence-electron chi connectivity index (χ2n) is 5.32. The van der Waals surface area contributed by atoms with Gasteiger partial charge >= 0.3 is 0 Å². The summed E-state index contributed by atoms with van der Waals surface area (Å²) in [6, 6.07) is 10.6. The minimum atomic E-state index is -0.386. The summed E-state index contributed by atoms with van der Waals surface area (Å²) in [5.41, 5.74) is 2.21. The number of nitrogens with zero attached hydrogens (tertiary/aromatic N) is 2. The third kappa shape index (κ3) is 4.24. The Morgan fingerprint density at radius 2 is 1.80 bits per heavy atom. The van der Waals surface area contributed by atoms with Crippen molar-refractivity contribution in [3.63, 3.8) is 0 Å². The van der Waals surface area contributed by atoms with E-state index in [0.717, 1.165) is 27.6 Å². The molecule has 0 saturated heterocycles. The Kier molecular flexibility index (Phi) is 6.27. The summed E-state index contributed by atoms with van der Waals surface area (Å²) in [4.78, 5) is 11.5. The van der Waals surface area contributed by atoms with Gasteiger partial charge < -0.3 is 21.9 Å². The lowest BCUT2D eigenvalue weighted by atomic mass is 10.2. The number of non-ortho nitro benzene ring substituents is 1. The van der Waals surface area contributed by atoms with Gasteiger partial charge in [-0.2, -0.15) is 0 Å². The van der Waals surface area contributed by atoms with E-state index in [1.807, 2.05) is 12.1 Å². The van der Waals surface area contributed by atoms with E-state index in [0.29, 0.717) is 12.3 Å². The average molecular weight is 381 g/mol. The fraction of sp³-hybridized carbons (Fsp3) is 0.235. The zero-order chi connectivity index (χ0) is 17.1. The van der Waals surface area contributed by atoms with Crippen LogP contribution in [0.4, 0.5) is 5.69 Å². The van der Waals surface area contributed by atoms with E-state index in [-0.39, 0.29) is 23.0 Å². The maximum Gasteiger partial charge on any atom is 0.269 e. The standard InChI is InChI=1S/C17H17N2O4S.ClH/c1-22-15-7-13-10-18(11-24-17(13)8-16(15)23-2)9-12-3-5-14(6-4-12)19(20)21;/h3-8,10H,9,11H2,1-2H3;1H/q+1;/p-1. The highest BCUT2D eigenvalue weighted by Gasteiger charge is 2.20. The van der Waals surface area contributed by atoms with E-state index in [2.05, 4.69) is 10.8 Å². The number of halogens is 1. The van der Waals surface area contributed by atoms with Crippen molar-refractivity contribution in [2.75, 3.05) is 20.1 Å². The molecule has 0 radical (unpaired) electrons. The van der Waals surface area contributed by atoms with Crippen LogP contribution >= 0.6 is 11.8 Å². The van der Waals surface area contributed by atoms with Crippen molar-refractivity contribution >= 4 is 23.7 Å². The molecule has 0 aromatic heterocycles. The fourth-order valence-corrected chi connectivity index (χ4v) is 3.48. The Balaban J connectivity index is 0.00000225. The lowest BCUT2D eigenvalue weighted by Gasteiger charge is -2.15. The van der Waals surface area contributed by atoms with Crippen molar-refractivity contribution in [3.05, 3.63) is 57.6 Å². The van der Waals surface area contributed by atoms with Gasteiger partial charge in [0.1, 0.15) is 0 Å². The second-order valence-corrected chi connectivity index (χ2v) is 6.30. The molecule has 3 rings (SSSR count). The zero-order valence-corrected chi connectivity index (χ0v) is 15.3. The number of nitro groups is 1. The Labute approximate surface area is 156 Å². The average Bonchev–Trinajstić information content (AvgIpc) is 2.60. The van der Waals surface area contributed by atoms with Crippen molar-refractivity contribution in [1.29, 1.82) is 0 Å². The van der Waals surface area contributed by atoms with E-state index in [1.54, 1.807) is 38.1 Å². The van der Waals surface area contributed by atoms with Crippen LogP contribution in [0.25, 0.3) is 0 Å². The van der Waals surface area contributed by atoms with E-state index < -0.39 is 0 Å². The minimum absolute atomic E-state index is 0. The van der Waals surface area contributed by atoms with Crippen LogP contribution in [0, 0.1) is 10.1 Å². The van der Waals surface area contributed by atoms with Gasteiger partial charge in [0.2, 0.25) is 0 Å². The van der Waals surface area contributed by atoms with E-state index >= 15 is 0 Å². The molecule has 0 saturated carbocycles. The molecule has 8 heteroatoms. The molecule has 0 atom stereocenters. The maximum atomic E-state index is 10.7. The molecule has 1 heterocycles. The third-order valence-corrected chi connectivity index (χ3v) is 4.88. The van der Waals surface area contributed by atoms with Gasteiger partial charge in [0.15, 0.2) is 30.1 Å². The van der Waals surface area contributed by atoms with Gasteiger partial charge in [0.05, 0.1) is 24.7 Å². The fourth-order valence-electron chi connectivity index (χ4n) is 2.54. The predicted molar refractivity (Wildman–Crippen MR) is 92.5 cm³/mol. The van der Waals surface area contributed by atoms with Crippen molar-refractivity contribution in [2.45, 2.75) is 11.4 Å². The van der Waals surface area contributed by atoms with Crippen LogP contribution < -0.4 is 21.9 Å². The molecular formula is C17H17ClN2O4S. The lowest BCUT2D eigenvalue weighted by Crippen LogP contribution is -3.00. The summed E-state index contributed by atoms with van der Waals surface area (Å²) in [6.45, 7) is 0.693. The molecule has 0 aliphatic carbocycles. The summed E-state index contributed by atoms with van der Waals surface area (Å²) in [7, 11) is 3.25. The smallest absolute Gasteiger partial charge is 0.269 e. The highest BCUT2D eigenvalue weighted by Crippen LogP contribution is 2.36. The van der Waals surface area contributed by atoms with Crippen LogP contribution in [0.15, 0.2) is 41.3 Å². The Morgan fingerprint density at radius 1 is 1.16 bits per heavy atom. The number of thioether (sulfide) groups is 1. The molecule has 25 heavy (non-hydrogen) atoms. The monoisotopic (exact) mass is 380 g/mol. The first-order valence-electron chi connectivity index (χ1n) is 7.32. The van der Waals surface area contributed by atoms with E-state index in [4.69, 9.17) is 9.47 Å². The van der Waals surface area contributed by atoms with Crippen molar-refractivity contribution < 1.29 is 31.4 Å². The Hall–Kier alpha value is -2.25. The van der Waals surface area contributed by atoms with Crippen molar-refractivity contribution in [1.82, 2.24) is 0 Å². The molecule has 0 amide bonds. The lowest BCUT2D eigenvalue weighted by molar-refractivity contribution is -0.519. The molecule has 0 fully saturated rings. The normalized spacial score (nSPS) is 12.5. The Morgan fingerprint density at radius 3 is 2.40 bits per heavy atom. The van der Waals surface area contributed by atoms with Crippen LogP contribution in [-0.4, -0.2) is 35.8 Å². The topological polar surface area (TPSA) is 64.6 Å². The number of methoxy groups -OCH3 is 2. The SMILES string of the molecule is COc1cc2c(cc1OC)SC[N+](Cc1ccc([N+](=O)[O-])cc1)=C2.[Cl-]. The zero-order valence-electron chi connectivity index (χ0n) is 13.8. The molecule has 0 spiro atoms. The number of rotatable bonds is 5. The summed E-state index contributed by atoms with van der Waals surface area (Å²) in [5.74, 6) is 2.23. The minimum Gasteiger partial charge on any atom is -1.00 e.